The van der Waals surface area contributed by atoms with Gasteiger partial charge >= 0.3 is 0 Å². The van der Waals surface area contributed by atoms with E-state index in [0.29, 0.717) is 13.1 Å². The van der Waals surface area contributed by atoms with Gasteiger partial charge in [-0.25, -0.2) is 4.98 Å². The van der Waals surface area contributed by atoms with Crippen molar-refractivity contribution in [2.24, 2.45) is 5.73 Å². The lowest BCUT2D eigenvalue weighted by Crippen LogP contribution is -2.19. The monoisotopic (exact) mass is 245 g/mol. The van der Waals surface area contributed by atoms with Crippen molar-refractivity contribution in [3.8, 4) is 5.75 Å². The molecule has 5 nitrogen and oxygen atoms in total. The highest BCUT2D eigenvalue weighted by atomic mass is 16.5. The number of benzene rings is 1. The third-order valence-corrected chi connectivity index (χ3v) is 2.71. The molecule has 0 amide bonds. The number of methoxy groups -OCH3 is 1. The van der Waals surface area contributed by atoms with Crippen LogP contribution in [0.3, 0.4) is 0 Å². The summed E-state index contributed by atoms with van der Waals surface area (Å²) >= 11 is 0. The van der Waals surface area contributed by atoms with Crippen LogP contribution in [0.2, 0.25) is 0 Å². The first-order valence-electron chi connectivity index (χ1n) is 5.61. The molecule has 2 rings (SSSR count). The summed E-state index contributed by atoms with van der Waals surface area (Å²) in [6.07, 6.45) is 2.99. The molecule has 2 aromatic rings. The molecule has 1 aromatic carbocycles. The molecule has 0 atom stereocenters. The first-order valence-corrected chi connectivity index (χ1v) is 5.61. The quantitative estimate of drug-likeness (QED) is 0.863. The van der Waals surface area contributed by atoms with Crippen LogP contribution in [0.5, 0.6) is 5.75 Å². The second kappa shape index (κ2) is 5.46. The largest absolute Gasteiger partial charge is 0.496 e. The number of ether oxygens (including phenoxy) is 1. The highest BCUT2D eigenvalue weighted by Crippen LogP contribution is 2.20. The zero-order chi connectivity index (χ0) is 13.0. The van der Waals surface area contributed by atoms with Gasteiger partial charge in [-0.2, -0.15) is 0 Å². The van der Waals surface area contributed by atoms with Crippen LogP contribution in [-0.4, -0.2) is 16.7 Å². The maximum Gasteiger partial charge on any atom is 0.253 e. The SMILES string of the molecule is COc1ccc(CN)cc1Cn1cnccc1=O. The Kier molecular flexibility index (Phi) is 3.74. The topological polar surface area (TPSA) is 70.1 Å². The number of nitrogens with zero attached hydrogens (tertiary/aromatic N) is 2. The van der Waals surface area contributed by atoms with E-state index in [9.17, 15) is 4.79 Å². The standard InChI is InChI=1S/C13H15N3O2/c1-18-12-3-2-10(7-14)6-11(12)8-16-9-15-5-4-13(16)17/h2-6,9H,7-8,14H2,1H3. The molecule has 0 spiro atoms. The summed E-state index contributed by atoms with van der Waals surface area (Å²) in [5.41, 5.74) is 7.43. The third kappa shape index (κ3) is 2.57. The van der Waals surface area contributed by atoms with E-state index in [0.717, 1.165) is 16.9 Å². The average Bonchev–Trinajstić information content (AvgIpc) is 2.41. The molecule has 0 fully saturated rings. The lowest BCUT2D eigenvalue weighted by atomic mass is 10.1. The van der Waals surface area contributed by atoms with Gasteiger partial charge in [-0.15, -0.1) is 0 Å². The zero-order valence-corrected chi connectivity index (χ0v) is 10.2. The Balaban J connectivity index is 2.38. The molecule has 5 heteroatoms. The highest BCUT2D eigenvalue weighted by molar-refractivity contribution is 5.37. The van der Waals surface area contributed by atoms with E-state index in [2.05, 4.69) is 4.98 Å². The van der Waals surface area contributed by atoms with E-state index < -0.39 is 0 Å². The smallest absolute Gasteiger partial charge is 0.253 e. The lowest BCUT2D eigenvalue weighted by molar-refractivity contribution is 0.408. The van der Waals surface area contributed by atoms with Crippen molar-refractivity contribution < 1.29 is 4.74 Å². The Morgan fingerprint density at radius 2 is 2.22 bits per heavy atom. The molecular formula is C13H15N3O2. The summed E-state index contributed by atoms with van der Waals surface area (Å²) in [5.74, 6) is 0.739. The Morgan fingerprint density at radius 1 is 1.39 bits per heavy atom. The minimum Gasteiger partial charge on any atom is -0.496 e. The van der Waals surface area contributed by atoms with Crippen LogP contribution in [0.1, 0.15) is 11.1 Å². The molecule has 0 unspecified atom stereocenters. The summed E-state index contributed by atoms with van der Waals surface area (Å²) in [4.78, 5) is 15.6. The van der Waals surface area contributed by atoms with Crippen molar-refractivity contribution in [1.82, 2.24) is 9.55 Å². The molecule has 94 valence electrons. The fourth-order valence-electron chi connectivity index (χ4n) is 1.76. The molecule has 0 radical (unpaired) electrons. The third-order valence-electron chi connectivity index (χ3n) is 2.71. The van der Waals surface area contributed by atoms with Crippen LogP contribution in [-0.2, 0) is 13.1 Å². The maximum atomic E-state index is 11.6. The van der Waals surface area contributed by atoms with E-state index in [1.54, 1.807) is 7.11 Å². The van der Waals surface area contributed by atoms with Crippen LogP contribution >= 0.6 is 0 Å². The molecule has 0 aliphatic rings. The Hall–Kier alpha value is -2.14. The van der Waals surface area contributed by atoms with Gasteiger partial charge in [0.2, 0.25) is 0 Å². The molecule has 0 aliphatic heterocycles. The van der Waals surface area contributed by atoms with E-state index >= 15 is 0 Å². The average molecular weight is 245 g/mol. The van der Waals surface area contributed by atoms with E-state index in [4.69, 9.17) is 10.5 Å². The molecule has 1 aromatic heterocycles. The van der Waals surface area contributed by atoms with Crippen molar-refractivity contribution in [2.45, 2.75) is 13.1 Å². The van der Waals surface area contributed by atoms with Gasteiger partial charge in [0, 0.05) is 24.4 Å². The molecule has 2 N–H and O–H groups in total. The second-order valence-corrected chi connectivity index (χ2v) is 3.90. The number of nitrogens with two attached hydrogens (primary N) is 1. The summed E-state index contributed by atoms with van der Waals surface area (Å²) in [7, 11) is 1.60. The minimum absolute atomic E-state index is 0.0924. The fraction of sp³-hybridized carbons (Fsp3) is 0.231. The van der Waals surface area contributed by atoms with Crippen molar-refractivity contribution in [3.63, 3.8) is 0 Å². The Bertz CT molecular complexity index is 593. The Labute approximate surface area is 105 Å². The normalized spacial score (nSPS) is 10.3. The summed E-state index contributed by atoms with van der Waals surface area (Å²) < 4.78 is 6.81. The van der Waals surface area contributed by atoms with Crippen LogP contribution in [0.15, 0.2) is 41.6 Å². The predicted molar refractivity (Wildman–Crippen MR) is 68.5 cm³/mol. The van der Waals surface area contributed by atoms with Gasteiger partial charge < -0.3 is 10.5 Å². The van der Waals surface area contributed by atoms with E-state index in [-0.39, 0.29) is 5.56 Å². The molecule has 0 saturated heterocycles. The van der Waals surface area contributed by atoms with Gasteiger partial charge in [-0.1, -0.05) is 6.07 Å². The fourth-order valence-corrected chi connectivity index (χ4v) is 1.76. The molecule has 0 bridgehead atoms. The van der Waals surface area contributed by atoms with Gasteiger partial charge in [0.05, 0.1) is 20.0 Å². The van der Waals surface area contributed by atoms with Crippen molar-refractivity contribution in [1.29, 1.82) is 0 Å². The van der Waals surface area contributed by atoms with E-state index in [1.807, 2.05) is 18.2 Å². The molecule has 0 aliphatic carbocycles. The molecule has 18 heavy (non-hydrogen) atoms. The lowest BCUT2D eigenvalue weighted by Gasteiger charge is -2.11. The van der Waals surface area contributed by atoms with Gasteiger partial charge in [0.1, 0.15) is 5.75 Å². The minimum atomic E-state index is -0.0924. The second-order valence-electron chi connectivity index (χ2n) is 3.90. The predicted octanol–water partition coefficient (Wildman–Crippen LogP) is 0.759. The number of hydrogen-bond acceptors (Lipinski definition) is 4. The molecular weight excluding hydrogens is 230 g/mol. The molecule has 1 heterocycles. The van der Waals surface area contributed by atoms with Gasteiger partial charge in [0.15, 0.2) is 0 Å². The first kappa shape index (κ1) is 12.3. The Morgan fingerprint density at radius 3 is 2.89 bits per heavy atom. The zero-order valence-electron chi connectivity index (χ0n) is 10.2. The first-order chi connectivity index (χ1) is 8.74. The van der Waals surface area contributed by atoms with Crippen LogP contribution in [0.25, 0.3) is 0 Å². The summed E-state index contributed by atoms with van der Waals surface area (Å²) in [6, 6.07) is 7.14. The van der Waals surface area contributed by atoms with Gasteiger partial charge in [0.25, 0.3) is 5.56 Å². The van der Waals surface area contributed by atoms with Crippen molar-refractivity contribution in [3.05, 3.63) is 58.3 Å². The highest BCUT2D eigenvalue weighted by Gasteiger charge is 2.06. The summed E-state index contributed by atoms with van der Waals surface area (Å²) in [6.45, 7) is 0.878. The van der Waals surface area contributed by atoms with E-state index in [1.165, 1.54) is 23.2 Å². The van der Waals surface area contributed by atoms with Crippen LogP contribution in [0.4, 0.5) is 0 Å². The summed E-state index contributed by atoms with van der Waals surface area (Å²) in [5, 5.41) is 0. The maximum absolute atomic E-state index is 11.6. The van der Waals surface area contributed by atoms with Gasteiger partial charge in [-0.05, 0) is 17.7 Å². The van der Waals surface area contributed by atoms with Crippen LogP contribution in [0, 0.1) is 0 Å². The number of hydrogen-bond donors (Lipinski definition) is 1. The molecule has 0 saturated carbocycles. The van der Waals surface area contributed by atoms with Crippen LogP contribution < -0.4 is 16.0 Å². The van der Waals surface area contributed by atoms with Crippen molar-refractivity contribution in [2.75, 3.05) is 7.11 Å². The number of aromatic nitrogens is 2. The van der Waals surface area contributed by atoms with Crippen molar-refractivity contribution >= 4 is 0 Å². The number of rotatable bonds is 4. The van der Waals surface area contributed by atoms with Gasteiger partial charge in [-0.3, -0.25) is 9.36 Å².